The molecule has 162 valence electrons. The van der Waals surface area contributed by atoms with Gasteiger partial charge in [-0.15, -0.1) is 6.42 Å². The van der Waals surface area contributed by atoms with E-state index in [-0.39, 0.29) is 29.1 Å². The smallest absolute Gasteiger partial charge is 0.302 e. The Labute approximate surface area is 172 Å². The van der Waals surface area contributed by atoms with Crippen LogP contribution >= 0.6 is 0 Å². The zero-order valence-corrected chi connectivity index (χ0v) is 17.5. The highest BCUT2D eigenvalue weighted by Crippen LogP contribution is 2.68. The molecule has 1 unspecified atom stereocenters. The van der Waals surface area contributed by atoms with Gasteiger partial charge >= 0.3 is 5.97 Å². The monoisotopic (exact) mass is 406 g/mol. The van der Waals surface area contributed by atoms with E-state index in [9.17, 15) is 25.2 Å². The molecule has 4 aliphatic carbocycles. The second-order valence-corrected chi connectivity index (χ2v) is 10.5. The minimum atomic E-state index is -1.58. The molecule has 0 aliphatic heterocycles. The van der Waals surface area contributed by atoms with Crippen LogP contribution in [0.3, 0.4) is 0 Å². The van der Waals surface area contributed by atoms with Gasteiger partial charge in [-0.1, -0.05) is 19.8 Å². The van der Waals surface area contributed by atoms with Gasteiger partial charge in [-0.05, 0) is 67.6 Å². The topological polar surface area (TPSA) is 107 Å². The first-order valence-corrected chi connectivity index (χ1v) is 10.9. The van der Waals surface area contributed by atoms with Crippen LogP contribution in [0.25, 0.3) is 0 Å². The van der Waals surface area contributed by atoms with Crippen molar-refractivity contribution >= 4 is 5.97 Å². The van der Waals surface area contributed by atoms with E-state index in [0.29, 0.717) is 25.7 Å². The number of rotatable bonds is 1. The molecule has 4 rings (SSSR count). The third-order valence-electron chi connectivity index (χ3n) is 9.48. The van der Waals surface area contributed by atoms with Crippen molar-refractivity contribution < 1.29 is 30.0 Å². The first-order valence-electron chi connectivity index (χ1n) is 10.9. The summed E-state index contributed by atoms with van der Waals surface area (Å²) in [6.45, 7) is 5.50. The van der Waals surface area contributed by atoms with Crippen LogP contribution in [0.4, 0.5) is 0 Å². The highest BCUT2D eigenvalue weighted by molar-refractivity contribution is 5.66. The first-order chi connectivity index (χ1) is 13.5. The second kappa shape index (κ2) is 6.68. The van der Waals surface area contributed by atoms with E-state index >= 15 is 0 Å². The Morgan fingerprint density at radius 1 is 1.07 bits per heavy atom. The van der Waals surface area contributed by atoms with Crippen LogP contribution < -0.4 is 0 Å². The van der Waals surface area contributed by atoms with Crippen molar-refractivity contribution in [3.8, 4) is 12.3 Å². The molecule has 0 bridgehead atoms. The van der Waals surface area contributed by atoms with E-state index in [4.69, 9.17) is 11.2 Å². The van der Waals surface area contributed by atoms with Crippen LogP contribution in [-0.2, 0) is 9.53 Å². The molecule has 4 aliphatic rings. The molecule has 11 atom stereocenters. The zero-order valence-electron chi connectivity index (χ0n) is 17.5. The predicted octanol–water partition coefficient (Wildman–Crippen LogP) is 1.24. The summed E-state index contributed by atoms with van der Waals surface area (Å²) in [4.78, 5) is 11.4. The average Bonchev–Trinajstić information content (AvgIpc) is 2.86. The van der Waals surface area contributed by atoms with E-state index in [1.54, 1.807) is 0 Å². The van der Waals surface area contributed by atoms with Gasteiger partial charge in [0.15, 0.2) is 5.60 Å². The van der Waals surface area contributed by atoms with E-state index < -0.39 is 41.4 Å². The quantitative estimate of drug-likeness (QED) is 0.386. The molecule has 0 aromatic heterocycles. The van der Waals surface area contributed by atoms with Crippen molar-refractivity contribution in [1.82, 2.24) is 0 Å². The summed E-state index contributed by atoms with van der Waals surface area (Å²) < 4.78 is 5.35. The van der Waals surface area contributed by atoms with Gasteiger partial charge in [0.2, 0.25) is 0 Å². The molecule has 0 aromatic rings. The van der Waals surface area contributed by atoms with Crippen molar-refractivity contribution in [2.45, 2.75) is 89.3 Å². The second-order valence-electron chi connectivity index (χ2n) is 10.5. The molecule has 4 fully saturated rings. The van der Waals surface area contributed by atoms with Gasteiger partial charge in [-0.2, -0.15) is 0 Å². The van der Waals surface area contributed by atoms with Crippen LogP contribution in [0.2, 0.25) is 0 Å². The Bertz CT molecular complexity index is 731. The van der Waals surface area contributed by atoms with Gasteiger partial charge in [-0.3, -0.25) is 4.79 Å². The number of carbonyl (C=O) groups excluding carboxylic acids is 1. The highest BCUT2D eigenvalue weighted by Gasteiger charge is 2.69. The van der Waals surface area contributed by atoms with Gasteiger partial charge < -0.3 is 25.2 Å². The number of aliphatic hydroxyl groups excluding tert-OH is 3. The standard InChI is InChI=1S/C23H34O6/c1-5-23(28)18(26)11-14-19-13(6-9-22(14,23)4)21(3)8-7-17(29-12(2)24)20(27)15(21)10-16(19)25/h1,13-20,25-28H,6-11H2,2-4H3/t13-,14-,15?,16-,17-,18+,19+,20+,21+,22-,23-/m0/s1. The molecular formula is C23H34O6. The minimum Gasteiger partial charge on any atom is -0.460 e. The molecule has 0 radical (unpaired) electrons. The lowest BCUT2D eigenvalue weighted by atomic mass is 9.43. The summed E-state index contributed by atoms with van der Waals surface area (Å²) in [6.07, 6.45) is 6.37. The fourth-order valence-electron chi connectivity index (χ4n) is 7.87. The highest BCUT2D eigenvalue weighted by atomic mass is 16.6. The van der Waals surface area contributed by atoms with Crippen molar-refractivity contribution in [2.24, 2.45) is 34.5 Å². The molecule has 0 aromatic carbocycles. The van der Waals surface area contributed by atoms with E-state index in [1.807, 2.05) is 6.92 Å². The first kappa shape index (κ1) is 21.1. The van der Waals surface area contributed by atoms with Crippen molar-refractivity contribution in [2.75, 3.05) is 0 Å². The number of carbonyl (C=O) groups is 1. The molecule has 6 nitrogen and oxygen atoms in total. The number of esters is 1. The summed E-state index contributed by atoms with van der Waals surface area (Å²) in [6, 6.07) is 0. The van der Waals surface area contributed by atoms with Gasteiger partial charge in [0.25, 0.3) is 0 Å². The van der Waals surface area contributed by atoms with Crippen LogP contribution in [0.15, 0.2) is 0 Å². The number of ether oxygens (including phenoxy) is 1. The number of terminal acetylenes is 1. The Morgan fingerprint density at radius 2 is 1.76 bits per heavy atom. The molecule has 0 heterocycles. The third kappa shape index (κ3) is 2.67. The van der Waals surface area contributed by atoms with Gasteiger partial charge in [-0.25, -0.2) is 0 Å². The van der Waals surface area contributed by atoms with E-state index in [1.165, 1.54) is 6.92 Å². The van der Waals surface area contributed by atoms with Crippen LogP contribution in [-0.4, -0.2) is 56.4 Å². The van der Waals surface area contributed by atoms with E-state index in [0.717, 1.165) is 12.8 Å². The normalized spacial score (nSPS) is 56.5. The lowest BCUT2D eigenvalue weighted by Gasteiger charge is -2.63. The van der Waals surface area contributed by atoms with Crippen LogP contribution in [0.1, 0.15) is 59.3 Å². The Balaban J connectivity index is 1.66. The predicted molar refractivity (Wildman–Crippen MR) is 105 cm³/mol. The summed E-state index contributed by atoms with van der Waals surface area (Å²) in [5.41, 5.74) is -2.41. The maximum Gasteiger partial charge on any atom is 0.302 e. The van der Waals surface area contributed by atoms with Crippen LogP contribution in [0, 0.1) is 46.8 Å². The molecule has 4 saturated carbocycles. The molecule has 0 spiro atoms. The zero-order chi connectivity index (χ0) is 21.4. The number of aliphatic hydroxyl groups is 4. The number of fused-ring (bicyclic) bond motifs is 5. The van der Waals surface area contributed by atoms with Gasteiger partial charge in [0.1, 0.15) is 6.10 Å². The lowest BCUT2D eigenvalue weighted by Crippen LogP contribution is -2.63. The van der Waals surface area contributed by atoms with Crippen LogP contribution in [0.5, 0.6) is 0 Å². The maximum absolute atomic E-state index is 11.4. The van der Waals surface area contributed by atoms with Crippen molar-refractivity contribution in [1.29, 1.82) is 0 Å². The van der Waals surface area contributed by atoms with Crippen molar-refractivity contribution in [3.63, 3.8) is 0 Å². The summed E-state index contributed by atoms with van der Waals surface area (Å²) in [7, 11) is 0. The Morgan fingerprint density at radius 3 is 2.38 bits per heavy atom. The molecule has 4 N–H and O–H groups in total. The summed E-state index contributed by atoms with van der Waals surface area (Å²) in [5.74, 6) is 1.93. The summed E-state index contributed by atoms with van der Waals surface area (Å²) >= 11 is 0. The van der Waals surface area contributed by atoms with Gasteiger partial charge in [0.05, 0.1) is 18.3 Å². The minimum absolute atomic E-state index is 0.0755. The molecular weight excluding hydrogens is 372 g/mol. The SMILES string of the molecule is C#C[C@]1(O)[C@H](O)C[C@H]2[C@@H]3[C@@H](O)CC4[C@@H](O)[C@@H](OC(C)=O)CC[C@]4(C)[C@H]3CC[C@@]21C. The lowest BCUT2D eigenvalue weighted by molar-refractivity contribution is -0.218. The molecule has 29 heavy (non-hydrogen) atoms. The van der Waals surface area contributed by atoms with Gasteiger partial charge in [0, 0.05) is 12.3 Å². The number of hydrogen-bond acceptors (Lipinski definition) is 6. The van der Waals surface area contributed by atoms with E-state index in [2.05, 4.69) is 12.8 Å². The maximum atomic E-state index is 11.4. The molecule has 0 amide bonds. The fraction of sp³-hybridized carbons (Fsp3) is 0.870. The number of hydrogen-bond donors (Lipinski definition) is 4. The average molecular weight is 407 g/mol. The third-order valence-corrected chi connectivity index (χ3v) is 9.48. The molecule has 0 saturated heterocycles. The summed E-state index contributed by atoms with van der Waals surface area (Å²) in [5, 5.41) is 43.9. The molecule has 6 heteroatoms. The largest absolute Gasteiger partial charge is 0.460 e. The fourth-order valence-corrected chi connectivity index (χ4v) is 7.87. The Kier molecular flexibility index (Phi) is 4.87. The van der Waals surface area contributed by atoms with Crippen molar-refractivity contribution in [3.05, 3.63) is 0 Å². The Hall–Kier alpha value is -1.13.